The summed E-state index contributed by atoms with van der Waals surface area (Å²) in [5.74, 6) is -3.82. The summed E-state index contributed by atoms with van der Waals surface area (Å²) in [6.45, 7) is 1.82. The van der Waals surface area contributed by atoms with Crippen LogP contribution in [-0.4, -0.2) is 0 Å². The maximum atomic E-state index is 13.1. The third-order valence-electron chi connectivity index (χ3n) is 2.34. The van der Waals surface area contributed by atoms with Gasteiger partial charge < -0.3 is 5.73 Å². The minimum absolute atomic E-state index is 0.135. The van der Waals surface area contributed by atoms with Crippen LogP contribution in [0.4, 0.5) is 13.2 Å². The van der Waals surface area contributed by atoms with E-state index in [9.17, 15) is 13.2 Å². The predicted molar refractivity (Wildman–Crippen MR) is 62.2 cm³/mol. The normalized spacial score (nSPS) is 12.8. The number of halogens is 3. The minimum Gasteiger partial charge on any atom is -0.324 e. The summed E-state index contributed by atoms with van der Waals surface area (Å²) in [4.78, 5) is 1.57. The first kappa shape index (κ1) is 12.1. The van der Waals surface area contributed by atoms with Gasteiger partial charge in [-0.15, -0.1) is 11.3 Å². The van der Waals surface area contributed by atoms with E-state index in [2.05, 4.69) is 0 Å². The molecule has 0 amide bonds. The van der Waals surface area contributed by atoms with Gasteiger partial charge >= 0.3 is 0 Å². The predicted octanol–water partition coefficient (Wildman–Crippen LogP) is 3.85. The maximum Gasteiger partial charge on any atom is 0.194 e. The van der Waals surface area contributed by atoms with Crippen molar-refractivity contribution < 1.29 is 13.2 Å². The van der Waals surface area contributed by atoms with Crippen molar-refractivity contribution in [3.8, 4) is 10.4 Å². The molecule has 0 fully saturated rings. The summed E-state index contributed by atoms with van der Waals surface area (Å²) in [7, 11) is 0. The third kappa shape index (κ3) is 2.35. The van der Waals surface area contributed by atoms with Gasteiger partial charge in [-0.3, -0.25) is 0 Å². The molecule has 1 unspecified atom stereocenters. The topological polar surface area (TPSA) is 26.0 Å². The zero-order chi connectivity index (χ0) is 12.6. The van der Waals surface area contributed by atoms with Gasteiger partial charge in [0.2, 0.25) is 0 Å². The molecular weight excluding hydrogens is 247 g/mol. The summed E-state index contributed by atoms with van der Waals surface area (Å²) in [6, 6.07) is 5.34. The fourth-order valence-corrected chi connectivity index (χ4v) is 2.40. The van der Waals surface area contributed by atoms with Gasteiger partial charge in [-0.05, 0) is 36.8 Å². The van der Waals surface area contributed by atoms with E-state index in [1.807, 2.05) is 6.92 Å². The molecule has 0 aliphatic rings. The Hall–Kier alpha value is -1.33. The van der Waals surface area contributed by atoms with E-state index in [-0.39, 0.29) is 6.04 Å². The molecule has 1 atom stereocenters. The molecule has 1 aromatic carbocycles. The molecule has 5 heteroatoms. The summed E-state index contributed by atoms with van der Waals surface area (Å²) >= 11 is 1.34. The molecule has 0 bridgehead atoms. The number of thiophene rings is 1. The minimum atomic E-state index is -1.45. The average Bonchev–Trinajstić information content (AvgIpc) is 2.74. The second kappa shape index (κ2) is 4.50. The summed E-state index contributed by atoms with van der Waals surface area (Å²) in [5, 5.41) is 0. The van der Waals surface area contributed by atoms with Crippen LogP contribution in [-0.2, 0) is 0 Å². The smallest absolute Gasteiger partial charge is 0.194 e. The molecule has 1 nitrogen and oxygen atoms in total. The van der Waals surface area contributed by atoms with Crippen LogP contribution in [0.2, 0.25) is 0 Å². The highest BCUT2D eigenvalue weighted by molar-refractivity contribution is 7.15. The molecule has 0 radical (unpaired) electrons. The van der Waals surface area contributed by atoms with Crippen LogP contribution >= 0.6 is 11.3 Å². The molecule has 0 aliphatic heterocycles. The molecular formula is C12H10F3NS. The van der Waals surface area contributed by atoms with Gasteiger partial charge in [-0.1, -0.05) is 0 Å². The van der Waals surface area contributed by atoms with Crippen LogP contribution in [0.1, 0.15) is 17.8 Å². The summed E-state index contributed by atoms with van der Waals surface area (Å²) in [5.41, 5.74) is 6.01. The largest absolute Gasteiger partial charge is 0.324 e. The standard InChI is InChI=1S/C12H10F3NS/c1-6(16)10-2-3-11(17-10)7-4-8(13)12(15)9(14)5-7/h2-6H,16H2,1H3. The van der Waals surface area contributed by atoms with Crippen molar-refractivity contribution in [3.63, 3.8) is 0 Å². The SMILES string of the molecule is CC(N)c1ccc(-c2cc(F)c(F)c(F)c2)s1. The third-order valence-corrected chi connectivity index (χ3v) is 3.68. The second-order valence-corrected chi connectivity index (χ2v) is 4.86. The highest BCUT2D eigenvalue weighted by atomic mass is 32.1. The molecule has 0 aliphatic carbocycles. The molecule has 2 aromatic rings. The van der Waals surface area contributed by atoms with Crippen molar-refractivity contribution in [3.05, 3.63) is 46.6 Å². The van der Waals surface area contributed by atoms with Crippen LogP contribution in [0.3, 0.4) is 0 Å². The van der Waals surface area contributed by atoms with Crippen molar-refractivity contribution in [1.29, 1.82) is 0 Å². The molecule has 2 rings (SSSR count). The number of hydrogen-bond acceptors (Lipinski definition) is 2. The van der Waals surface area contributed by atoms with Crippen molar-refractivity contribution in [2.24, 2.45) is 5.73 Å². The fourth-order valence-electron chi connectivity index (χ4n) is 1.45. The fraction of sp³-hybridized carbons (Fsp3) is 0.167. The summed E-state index contributed by atoms with van der Waals surface area (Å²) < 4.78 is 38.9. The van der Waals surface area contributed by atoms with E-state index in [0.29, 0.717) is 10.4 Å². The number of rotatable bonds is 2. The van der Waals surface area contributed by atoms with E-state index in [0.717, 1.165) is 17.0 Å². The molecule has 2 N–H and O–H groups in total. The Morgan fingerprint density at radius 3 is 2.18 bits per heavy atom. The lowest BCUT2D eigenvalue weighted by Crippen LogP contribution is -2.01. The van der Waals surface area contributed by atoms with Gasteiger partial charge in [0.15, 0.2) is 17.5 Å². The maximum absolute atomic E-state index is 13.1. The van der Waals surface area contributed by atoms with Crippen molar-refractivity contribution in [2.75, 3.05) is 0 Å². The van der Waals surface area contributed by atoms with Crippen LogP contribution < -0.4 is 5.73 Å². The van der Waals surface area contributed by atoms with Crippen LogP contribution in [0.25, 0.3) is 10.4 Å². The highest BCUT2D eigenvalue weighted by Gasteiger charge is 2.13. The Morgan fingerprint density at radius 1 is 1.12 bits per heavy atom. The van der Waals surface area contributed by atoms with Gasteiger partial charge in [0.1, 0.15) is 0 Å². The number of benzene rings is 1. The zero-order valence-electron chi connectivity index (χ0n) is 9.01. The van der Waals surface area contributed by atoms with Crippen molar-refractivity contribution in [2.45, 2.75) is 13.0 Å². The number of hydrogen-bond donors (Lipinski definition) is 1. The Labute approximate surface area is 101 Å². The van der Waals surface area contributed by atoms with Gasteiger partial charge in [0.25, 0.3) is 0 Å². The Bertz CT molecular complexity index is 525. The number of nitrogens with two attached hydrogens (primary N) is 1. The monoisotopic (exact) mass is 257 g/mol. The summed E-state index contributed by atoms with van der Waals surface area (Å²) in [6.07, 6.45) is 0. The van der Waals surface area contributed by atoms with E-state index >= 15 is 0 Å². The molecule has 0 saturated heterocycles. The highest BCUT2D eigenvalue weighted by Crippen LogP contribution is 2.32. The molecule has 1 aromatic heterocycles. The van der Waals surface area contributed by atoms with Gasteiger partial charge in [-0.25, -0.2) is 13.2 Å². The van der Waals surface area contributed by atoms with Crippen molar-refractivity contribution >= 4 is 11.3 Å². The van der Waals surface area contributed by atoms with Crippen LogP contribution in [0.15, 0.2) is 24.3 Å². The van der Waals surface area contributed by atoms with Crippen LogP contribution in [0.5, 0.6) is 0 Å². The van der Waals surface area contributed by atoms with Gasteiger partial charge in [0.05, 0.1) is 0 Å². The first-order valence-corrected chi connectivity index (χ1v) is 5.81. The molecule has 17 heavy (non-hydrogen) atoms. The lowest BCUT2D eigenvalue weighted by atomic mass is 10.1. The van der Waals surface area contributed by atoms with E-state index in [1.165, 1.54) is 11.3 Å². The Balaban J connectivity index is 2.46. The first-order valence-electron chi connectivity index (χ1n) is 4.99. The average molecular weight is 257 g/mol. The molecule has 1 heterocycles. The lowest BCUT2D eigenvalue weighted by molar-refractivity contribution is 0.448. The molecule has 0 spiro atoms. The Kier molecular flexibility index (Phi) is 3.22. The zero-order valence-corrected chi connectivity index (χ0v) is 9.82. The van der Waals surface area contributed by atoms with Crippen LogP contribution in [0, 0.1) is 17.5 Å². The van der Waals surface area contributed by atoms with E-state index in [1.54, 1.807) is 12.1 Å². The van der Waals surface area contributed by atoms with Gasteiger partial charge in [-0.2, -0.15) is 0 Å². The van der Waals surface area contributed by atoms with E-state index in [4.69, 9.17) is 5.73 Å². The van der Waals surface area contributed by atoms with E-state index < -0.39 is 17.5 Å². The molecule has 90 valence electrons. The first-order chi connectivity index (χ1) is 7.99. The Morgan fingerprint density at radius 2 is 1.71 bits per heavy atom. The second-order valence-electron chi connectivity index (χ2n) is 3.74. The van der Waals surface area contributed by atoms with Gasteiger partial charge in [0, 0.05) is 15.8 Å². The lowest BCUT2D eigenvalue weighted by Gasteiger charge is -2.01. The molecule has 0 saturated carbocycles. The van der Waals surface area contributed by atoms with Crippen molar-refractivity contribution in [1.82, 2.24) is 0 Å². The quantitative estimate of drug-likeness (QED) is 0.812.